The molecule has 0 aliphatic heterocycles. The SMILES string of the molecule is CCC(C1=C(C)C(=O)c2ccc(-c3cccc(CC4=C(C)C(=O)c5cccc(O)c5C4=O)c3)cc2C1=O)c1ccccc1. The Morgan fingerprint density at radius 1 is 0.628 bits per heavy atom. The fourth-order valence-corrected chi connectivity index (χ4v) is 6.37. The van der Waals surface area contributed by atoms with Gasteiger partial charge in [0.15, 0.2) is 23.1 Å². The lowest BCUT2D eigenvalue weighted by molar-refractivity contribution is 0.0969. The van der Waals surface area contributed by atoms with Gasteiger partial charge in [-0.2, -0.15) is 0 Å². The number of phenolic OH excluding ortho intramolecular Hbond substituents is 1. The molecule has 0 fully saturated rings. The van der Waals surface area contributed by atoms with Crippen LogP contribution in [0, 0.1) is 0 Å². The number of phenols is 1. The molecule has 0 spiro atoms. The van der Waals surface area contributed by atoms with Crippen molar-refractivity contribution >= 4 is 23.1 Å². The van der Waals surface area contributed by atoms with E-state index in [1.54, 1.807) is 38.1 Å². The van der Waals surface area contributed by atoms with Gasteiger partial charge in [0.2, 0.25) is 0 Å². The molecule has 6 rings (SSSR count). The van der Waals surface area contributed by atoms with Gasteiger partial charge < -0.3 is 5.11 Å². The van der Waals surface area contributed by atoms with Gasteiger partial charge in [-0.05, 0) is 60.7 Å². The summed E-state index contributed by atoms with van der Waals surface area (Å²) in [6.07, 6.45) is 0.896. The summed E-state index contributed by atoms with van der Waals surface area (Å²) in [7, 11) is 0. The molecule has 5 heteroatoms. The number of aromatic hydroxyl groups is 1. The number of carbonyl (C=O) groups excluding carboxylic acids is 4. The van der Waals surface area contributed by atoms with Crippen molar-refractivity contribution in [1.29, 1.82) is 0 Å². The Morgan fingerprint density at radius 3 is 2.07 bits per heavy atom. The van der Waals surface area contributed by atoms with Crippen LogP contribution >= 0.6 is 0 Å². The zero-order chi connectivity index (χ0) is 30.4. The van der Waals surface area contributed by atoms with Crippen molar-refractivity contribution in [3.05, 3.63) is 147 Å². The molecule has 1 unspecified atom stereocenters. The Kier molecular flexibility index (Phi) is 7.10. The van der Waals surface area contributed by atoms with E-state index in [2.05, 4.69) is 0 Å². The topological polar surface area (TPSA) is 88.5 Å². The molecular weight excluding hydrogens is 536 g/mol. The normalized spacial score (nSPS) is 15.5. The maximum absolute atomic E-state index is 14.0. The lowest BCUT2D eigenvalue weighted by atomic mass is 9.75. The smallest absolute Gasteiger partial charge is 0.194 e. The number of hydrogen-bond donors (Lipinski definition) is 1. The van der Waals surface area contributed by atoms with Crippen LogP contribution in [0.1, 0.15) is 85.7 Å². The minimum absolute atomic E-state index is 0.0437. The number of allylic oxidation sites excluding steroid dienone is 4. The minimum Gasteiger partial charge on any atom is -0.507 e. The highest BCUT2D eigenvalue weighted by atomic mass is 16.3. The van der Waals surface area contributed by atoms with Crippen molar-refractivity contribution < 1.29 is 24.3 Å². The molecule has 0 radical (unpaired) electrons. The average molecular weight is 567 g/mol. The Labute approximate surface area is 250 Å². The zero-order valence-corrected chi connectivity index (χ0v) is 24.2. The maximum atomic E-state index is 14.0. The van der Waals surface area contributed by atoms with Crippen LogP contribution in [0.4, 0.5) is 0 Å². The monoisotopic (exact) mass is 566 g/mol. The summed E-state index contributed by atoms with van der Waals surface area (Å²) in [5.74, 6) is -1.28. The first-order chi connectivity index (χ1) is 20.7. The summed E-state index contributed by atoms with van der Waals surface area (Å²) in [5, 5.41) is 10.3. The van der Waals surface area contributed by atoms with Crippen LogP contribution in [0.25, 0.3) is 11.1 Å². The van der Waals surface area contributed by atoms with Crippen molar-refractivity contribution in [2.45, 2.75) is 39.5 Å². The van der Waals surface area contributed by atoms with Crippen LogP contribution in [0.5, 0.6) is 5.75 Å². The van der Waals surface area contributed by atoms with Crippen molar-refractivity contribution in [2.24, 2.45) is 0 Å². The van der Waals surface area contributed by atoms with Crippen molar-refractivity contribution in [3.63, 3.8) is 0 Å². The second-order valence-corrected chi connectivity index (χ2v) is 11.2. The number of rotatable bonds is 6. The molecule has 5 nitrogen and oxygen atoms in total. The average Bonchev–Trinajstić information content (AvgIpc) is 3.03. The second kappa shape index (κ2) is 10.9. The largest absolute Gasteiger partial charge is 0.507 e. The van der Waals surface area contributed by atoms with E-state index in [-0.39, 0.29) is 52.3 Å². The molecule has 1 N–H and O–H groups in total. The van der Waals surface area contributed by atoms with Gasteiger partial charge in [0, 0.05) is 51.3 Å². The molecule has 0 heterocycles. The van der Waals surface area contributed by atoms with E-state index in [4.69, 9.17) is 0 Å². The van der Waals surface area contributed by atoms with Gasteiger partial charge in [-0.3, -0.25) is 19.2 Å². The van der Waals surface area contributed by atoms with Crippen molar-refractivity contribution in [1.82, 2.24) is 0 Å². The molecule has 2 aliphatic carbocycles. The van der Waals surface area contributed by atoms with Crippen LogP contribution in [-0.2, 0) is 6.42 Å². The van der Waals surface area contributed by atoms with Crippen LogP contribution in [-0.4, -0.2) is 28.2 Å². The summed E-state index contributed by atoms with van der Waals surface area (Å²) >= 11 is 0. The van der Waals surface area contributed by atoms with E-state index in [9.17, 15) is 24.3 Å². The standard InChI is InChI=1S/C38H30O5/c1-4-27(24-11-6-5-7-12-24)33-22(3)36(41)28-17-16-26(20-31(28)38(33)43)25-13-8-10-23(18-25)19-30-21(2)35(40)29-14-9-15-32(39)34(29)37(30)42/h5-18,20,27,39H,4,19H2,1-3H3. The van der Waals surface area contributed by atoms with E-state index < -0.39 is 0 Å². The quantitative estimate of drug-likeness (QED) is 0.256. The first-order valence-electron chi connectivity index (χ1n) is 14.4. The van der Waals surface area contributed by atoms with Crippen molar-refractivity contribution in [2.75, 3.05) is 0 Å². The maximum Gasteiger partial charge on any atom is 0.194 e. The number of fused-ring (bicyclic) bond motifs is 2. The van der Waals surface area contributed by atoms with E-state index in [1.165, 1.54) is 6.07 Å². The van der Waals surface area contributed by atoms with E-state index in [0.717, 1.165) is 22.3 Å². The third-order valence-corrected chi connectivity index (χ3v) is 8.68. The summed E-state index contributed by atoms with van der Waals surface area (Å²) in [4.78, 5) is 53.8. The predicted molar refractivity (Wildman–Crippen MR) is 166 cm³/mol. The Bertz CT molecular complexity index is 1920. The molecule has 212 valence electrons. The molecule has 0 amide bonds. The van der Waals surface area contributed by atoms with Crippen LogP contribution in [0.2, 0.25) is 0 Å². The summed E-state index contributed by atoms with van der Waals surface area (Å²) in [6, 6.07) is 27.3. The first kappa shape index (κ1) is 28.0. The van der Waals surface area contributed by atoms with Gasteiger partial charge in [-0.25, -0.2) is 0 Å². The molecule has 2 aliphatic rings. The molecule has 1 atom stereocenters. The Hall–Kier alpha value is -5.16. The van der Waals surface area contributed by atoms with Gasteiger partial charge >= 0.3 is 0 Å². The van der Waals surface area contributed by atoms with E-state index in [1.807, 2.05) is 67.6 Å². The lowest BCUT2D eigenvalue weighted by Gasteiger charge is -2.26. The minimum atomic E-state index is -0.355. The Morgan fingerprint density at radius 2 is 1.33 bits per heavy atom. The molecule has 0 saturated carbocycles. The van der Waals surface area contributed by atoms with Crippen LogP contribution in [0.3, 0.4) is 0 Å². The molecule has 4 aromatic carbocycles. The van der Waals surface area contributed by atoms with Crippen molar-refractivity contribution in [3.8, 4) is 16.9 Å². The highest BCUT2D eigenvalue weighted by Crippen LogP contribution is 2.39. The highest BCUT2D eigenvalue weighted by molar-refractivity contribution is 6.28. The third-order valence-electron chi connectivity index (χ3n) is 8.68. The van der Waals surface area contributed by atoms with Gasteiger partial charge in [-0.1, -0.05) is 79.7 Å². The predicted octanol–water partition coefficient (Wildman–Crippen LogP) is 7.89. The fourth-order valence-electron chi connectivity index (χ4n) is 6.37. The fraction of sp³-hybridized carbons (Fsp3) is 0.158. The number of hydrogen-bond acceptors (Lipinski definition) is 5. The highest BCUT2D eigenvalue weighted by Gasteiger charge is 2.35. The van der Waals surface area contributed by atoms with Gasteiger partial charge in [0.25, 0.3) is 0 Å². The van der Waals surface area contributed by atoms with E-state index in [0.29, 0.717) is 39.8 Å². The number of ketones is 4. The number of benzene rings is 4. The molecular formula is C38H30O5. The molecule has 0 saturated heterocycles. The third kappa shape index (κ3) is 4.67. The number of carbonyl (C=O) groups is 4. The van der Waals surface area contributed by atoms with Crippen LogP contribution < -0.4 is 0 Å². The molecule has 0 bridgehead atoms. The summed E-state index contributed by atoms with van der Waals surface area (Å²) in [5.41, 5.74) is 6.20. The summed E-state index contributed by atoms with van der Waals surface area (Å²) < 4.78 is 0. The molecule has 0 aromatic heterocycles. The molecule has 43 heavy (non-hydrogen) atoms. The number of Topliss-reactive ketones (excluding diaryl/α,β-unsaturated/α-hetero) is 4. The Balaban J connectivity index is 1.35. The van der Waals surface area contributed by atoms with Crippen LogP contribution in [0.15, 0.2) is 113 Å². The van der Waals surface area contributed by atoms with Gasteiger partial charge in [-0.15, -0.1) is 0 Å². The van der Waals surface area contributed by atoms with Gasteiger partial charge in [0.05, 0.1) is 5.56 Å². The van der Waals surface area contributed by atoms with Gasteiger partial charge in [0.1, 0.15) is 5.75 Å². The second-order valence-electron chi connectivity index (χ2n) is 11.2. The first-order valence-corrected chi connectivity index (χ1v) is 14.4. The lowest BCUT2D eigenvalue weighted by Crippen LogP contribution is -2.24. The summed E-state index contributed by atoms with van der Waals surface area (Å²) in [6.45, 7) is 5.41. The molecule has 4 aromatic rings. The van der Waals surface area contributed by atoms with E-state index >= 15 is 0 Å². The zero-order valence-electron chi connectivity index (χ0n) is 24.2.